The lowest BCUT2D eigenvalue weighted by molar-refractivity contribution is 0.309. The van der Waals surface area contributed by atoms with Crippen molar-refractivity contribution in [1.82, 2.24) is 10.3 Å². The van der Waals surface area contributed by atoms with Crippen molar-refractivity contribution in [2.24, 2.45) is 0 Å². The molecule has 0 aromatic carbocycles. The summed E-state index contributed by atoms with van der Waals surface area (Å²) in [6.07, 6.45) is 1.64. The maximum Gasteiger partial charge on any atom is 0.126 e. The van der Waals surface area contributed by atoms with Gasteiger partial charge in [-0.2, -0.15) is 0 Å². The first-order valence-corrected chi connectivity index (χ1v) is 4.76. The van der Waals surface area contributed by atoms with Crippen LogP contribution in [0.3, 0.4) is 0 Å². The van der Waals surface area contributed by atoms with Crippen molar-refractivity contribution in [2.75, 3.05) is 18.9 Å². The van der Waals surface area contributed by atoms with Gasteiger partial charge < -0.3 is 15.8 Å². The predicted molar refractivity (Wildman–Crippen MR) is 57.3 cm³/mol. The first-order valence-electron chi connectivity index (χ1n) is 4.76. The van der Waals surface area contributed by atoms with E-state index in [1.807, 2.05) is 0 Å². The molecule has 1 heterocycles. The molecule has 14 heavy (non-hydrogen) atoms. The van der Waals surface area contributed by atoms with Gasteiger partial charge in [0.15, 0.2) is 0 Å². The Morgan fingerprint density at radius 3 is 3.00 bits per heavy atom. The molecule has 0 aliphatic heterocycles. The number of nitrogens with one attached hydrogen (secondary N) is 1. The van der Waals surface area contributed by atoms with Gasteiger partial charge in [0, 0.05) is 24.8 Å². The van der Waals surface area contributed by atoms with Crippen molar-refractivity contribution in [3.05, 3.63) is 18.3 Å². The second-order valence-corrected chi connectivity index (χ2v) is 3.37. The van der Waals surface area contributed by atoms with Crippen molar-refractivity contribution in [2.45, 2.75) is 19.9 Å². The normalized spacial score (nSPS) is 10.5. The average Bonchev–Trinajstić information content (AvgIpc) is 2.12. The van der Waals surface area contributed by atoms with E-state index >= 15 is 0 Å². The molecule has 0 radical (unpaired) electrons. The van der Waals surface area contributed by atoms with Gasteiger partial charge in [-0.25, -0.2) is 4.98 Å². The standard InChI is InChI=1S/C10H17N3O/c1-8(2)12-5-6-14-9-3-4-13-10(11)7-9/h3-4,7-8,12H,5-6H2,1-2H3,(H2,11,13). The van der Waals surface area contributed by atoms with Crippen molar-refractivity contribution in [3.63, 3.8) is 0 Å². The summed E-state index contributed by atoms with van der Waals surface area (Å²) in [6.45, 7) is 5.68. The van der Waals surface area contributed by atoms with E-state index in [1.165, 1.54) is 0 Å². The summed E-state index contributed by atoms with van der Waals surface area (Å²) < 4.78 is 5.45. The summed E-state index contributed by atoms with van der Waals surface area (Å²) >= 11 is 0. The Morgan fingerprint density at radius 1 is 1.57 bits per heavy atom. The smallest absolute Gasteiger partial charge is 0.126 e. The van der Waals surface area contributed by atoms with Gasteiger partial charge >= 0.3 is 0 Å². The van der Waals surface area contributed by atoms with Crippen LogP contribution < -0.4 is 15.8 Å². The minimum atomic E-state index is 0.485. The van der Waals surface area contributed by atoms with Gasteiger partial charge in [-0.1, -0.05) is 13.8 Å². The summed E-state index contributed by atoms with van der Waals surface area (Å²) in [4.78, 5) is 3.88. The van der Waals surface area contributed by atoms with Crippen LogP contribution >= 0.6 is 0 Å². The van der Waals surface area contributed by atoms with Crippen LogP contribution in [-0.2, 0) is 0 Å². The maximum absolute atomic E-state index is 5.50. The van der Waals surface area contributed by atoms with Gasteiger partial charge in [-0.15, -0.1) is 0 Å². The SMILES string of the molecule is CC(C)NCCOc1ccnc(N)c1. The first kappa shape index (κ1) is 10.8. The van der Waals surface area contributed by atoms with Crippen molar-refractivity contribution in [1.29, 1.82) is 0 Å². The molecule has 78 valence electrons. The van der Waals surface area contributed by atoms with Crippen LogP contribution in [0.15, 0.2) is 18.3 Å². The summed E-state index contributed by atoms with van der Waals surface area (Å²) in [6, 6.07) is 4.00. The highest BCUT2D eigenvalue weighted by molar-refractivity contribution is 5.35. The molecule has 0 spiro atoms. The van der Waals surface area contributed by atoms with Crippen LogP contribution in [0.4, 0.5) is 5.82 Å². The third kappa shape index (κ3) is 4.09. The van der Waals surface area contributed by atoms with Crippen molar-refractivity contribution in [3.8, 4) is 5.75 Å². The molecule has 4 nitrogen and oxygen atoms in total. The molecule has 0 aliphatic rings. The summed E-state index contributed by atoms with van der Waals surface area (Å²) in [5.41, 5.74) is 5.50. The van der Waals surface area contributed by atoms with Crippen LogP contribution in [0.25, 0.3) is 0 Å². The zero-order chi connectivity index (χ0) is 10.4. The lowest BCUT2D eigenvalue weighted by atomic mass is 10.4. The number of nitrogens with two attached hydrogens (primary N) is 1. The third-order valence-corrected chi connectivity index (χ3v) is 1.68. The molecule has 0 bridgehead atoms. The van der Waals surface area contributed by atoms with Gasteiger partial charge in [0.2, 0.25) is 0 Å². The fourth-order valence-corrected chi connectivity index (χ4v) is 1.03. The topological polar surface area (TPSA) is 60.2 Å². The van der Waals surface area contributed by atoms with E-state index in [2.05, 4.69) is 24.1 Å². The Bertz CT molecular complexity index is 276. The van der Waals surface area contributed by atoms with Gasteiger partial charge in [-0.05, 0) is 6.07 Å². The molecule has 1 aromatic rings. The predicted octanol–water partition coefficient (Wildman–Crippen LogP) is 1.04. The van der Waals surface area contributed by atoms with Crippen LogP contribution in [0.2, 0.25) is 0 Å². The zero-order valence-corrected chi connectivity index (χ0v) is 8.66. The molecule has 3 N–H and O–H groups in total. The molecule has 1 rings (SSSR count). The first-order chi connectivity index (χ1) is 6.68. The Labute approximate surface area is 84.5 Å². The second-order valence-electron chi connectivity index (χ2n) is 3.37. The van der Waals surface area contributed by atoms with Crippen LogP contribution in [0, 0.1) is 0 Å². The molecular weight excluding hydrogens is 178 g/mol. The van der Waals surface area contributed by atoms with Crippen LogP contribution in [-0.4, -0.2) is 24.2 Å². The van der Waals surface area contributed by atoms with E-state index in [4.69, 9.17) is 10.5 Å². The van der Waals surface area contributed by atoms with Gasteiger partial charge in [-0.3, -0.25) is 0 Å². The molecule has 0 aliphatic carbocycles. The number of rotatable bonds is 5. The van der Waals surface area contributed by atoms with Gasteiger partial charge in [0.1, 0.15) is 18.2 Å². The van der Waals surface area contributed by atoms with E-state index in [0.29, 0.717) is 18.5 Å². The molecule has 0 atom stereocenters. The highest BCUT2D eigenvalue weighted by Crippen LogP contribution is 2.11. The number of pyridine rings is 1. The minimum Gasteiger partial charge on any atom is -0.492 e. The highest BCUT2D eigenvalue weighted by atomic mass is 16.5. The lowest BCUT2D eigenvalue weighted by Gasteiger charge is -2.09. The van der Waals surface area contributed by atoms with Gasteiger partial charge in [0.05, 0.1) is 0 Å². The third-order valence-electron chi connectivity index (χ3n) is 1.68. The quantitative estimate of drug-likeness (QED) is 0.689. The van der Waals surface area contributed by atoms with Crippen LogP contribution in [0.5, 0.6) is 5.75 Å². The maximum atomic E-state index is 5.50. The summed E-state index contributed by atoms with van der Waals surface area (Å²) in [7, 11) is 0. The number of hydrogen-bond acceptors (Lipinski definition) is 4. The molecule has 0 saturated carbocycles. The number of aromatic nitrogens is 1. The fraction of sp³-hybridized carbons (Fsp3) is 0.500. The largest absolute Gasteiger partial charge is 0.492 e. The Balaban J connectivity index is 2.25. The number of anilines is 1. The summed E-state index contributed by atoms with van der Waals surface area (Å²) in [5, 5.41) is 3.26. The molecular formula is C10H17N3O. The average molecular weight is 195 g/mol. The van der Waals surface area contributed by atoms with E-state index in [9.17, 15) is 0 Å². The molecule has 0 fully saturated rings. The molecule has 1 aromatic heterocycles. The van der Waals surface area contributed by atoms with E-state index < -0.39 is 0 Å². The zero-order valence-electron chi connectivity index (χ0n) is 8.66. The number of nitrogens with zero attached hydrogens (tertiary/aromatic N) is 1. The molecule has 0 saturated heterocycles. The Hall–Kier alpha value is -1.29. The molecule has 4 heteroatoms. The van der Waals surface area contributed by atoms with E-state index in [0.717, 1.165) is 12.3 Å². The highest BCUT2D eigenvalue weighted by Gasteiger charge is 1.95. The summed E-state index contributed by atoms with van der Waals surface area (Å²) in [5.74, 6) is 1.25. The van der Waals surface area contributed by atoms with Crippen molar-refractivity contribution < 1.29 is 4.74 Å². The van der Waals surface area contributed by atoms with E-state index in [-0.39, 0.29) is 0 Å². The van der Waals surface area contributed by atoms with E-state index in [1.54, 1.807) is 18.3 Å². The molecule has 0 amide bonds. The number of ether oxygens (including phenoxy) is 1. The number of nitrogen functional groups attached to an aromatic ring is 1. The Morgan fingerprint density at radius 2 is 2.36 bits per heavy atom. The monoisotopic (exact) mass is 195 g/mol. The molecule has 0 unspecified atom stereocenters. The number of hydrogen-bond donors (Lipinski definition) is 2. The van der Waals surface area contributed by atoms with Crippen molar-refractivity contribution >= 4 is 5.82 Å². The van der Waals surface area contributed by atoms with Gasteiger partial charge in [0.25, 0.3) is 0 Å². The minimum absolute atomic E-state index is 0.485. The lowest BCUT2D eigenvalue weighted by Crippen LogP contribution is -2.27. The Kier molecular flexibility index (Phi) is 4.19. The second kappa shape index (κ2) is 5.44. The fourth-order valence-electron chi connectivity index (χ4n) is 1.03. The van der Waals surface area contributed by atoms with Crippen LogP contribution in [0.1, 0.15) is 13.8 Å².